The van der Waals surface area contributed by atoms with E-state index in [-0.39, 0.29) is 17.6 Å². The molecule has 5 heteroatoms. The zero-order valence-corrected chi connectivity index (χ0v) is 9.84. The first kappa shape index (κ1) is 11.7. The molecule has 0 bridgehead atoms. The van der Waals surface area contributed by atoms with E-state index in [1.807, 2.05) is 6.92 Å². The minimum atomic E-state index is -0.952. The fourth-order valence-corrected chi connectivity index (χ4v) is 2.24. The normalized spacial score (nSPS) is 24.0. The molecule has 1 N–H and O–H groups in total. The summed E-state index contributed by atoms with van der Waals surface area (Å²) in [4.78, 5) is 24.6. The summed E-state index contributed by atoms with van der Waals surface area (Å²) in [6.45, 7) is 4.06. The van der Waals surface area contributed by atoms with E-state index in [2.05, 4.69) is 0 Å². The van der Waals surface area contributed by atoms with Gasteiger partial charge in [-0.1, -0.05) is 6.92 Å². The Labute approximate surface area is 99.0 Å². The van der Waals surface area contributed by atoms with Gasteiger partial charge in [0.05, 0.1) is 0 Å². The first-order chi connectivity index (χ1) is 8.00. The van der Waals surface area contributed by atoms with Crippen molar-refractivity contribution in [1.82, 2.24) is 4.90 Å². The predicted molar refractivity (Wildman–Crippen MR) is 59.7 cm³/mol. The van der Waals surface area contributed by atoms with E-state index >= 15 is 0 Å². The molecule has 5 nitrogen and oxygen atoms in total. The number of nitrogens with zero attached hydrogens (tertiary/aromatic N) is 1. The van der Waals surface area contributed by atoms with Crippen LogP contribution in [0.15, 0.2) is 16.5 Å². The maximum Gasteiger partial charge on any atom is 0.326 e. The van der Waals surface area contributed by atoms with Gasteiger partial charge in [-0.25, -0.2) is 4.79 Å². The Morgan fingerprint density at radius 1 is 1.47 bits per heavy atom. The van der Waals surface area contributed by atoms with Crippen molar-refractivity contribution in [2.45, 2.75) is 26.3 Å². The molecule has 2 heterocycles. The maximum absolute atomic E-state index is 12.1. The lowest BCUT2D eigenvalue weighted by Gasteiger charge is -2.22. The number of amides is 1. The molecular formula is C12H15NO4. The highest BCUT2D eigenvalue weighted by molar-refractivity contribution is 5.94. The second kappa shape index (κ2) is 4.24. The number of likely N-dealkylation sites (tertiary alicyclic amines) is 1. The number of hydrogen-bond donors (Lipinski definition) is 1. The molecule has 1 aliphatic heterocycles. The first-order valence-electron chi connectivity index (χ1n) is 5.61. The molecule has 2 unspecified atom stereocenters. The van der Waals surface area contributed by atoms with Crippen LogP contribution >= 0.6 is 0 Å². The first-order valence-corrected chi connectivity index (χ1v) is 5.61. The van der Waals surface area contributed by atoms with Crippen LogP contribution < -0.4 is 0 Å². The van der Waals surface area contributed by atoms with Crippen molar-refractivity contribution in [2.75, 3.05) is 6.54 Å². The number of aliphatic carboxylic acids is 1. The van der Waals surface area contributed by atoms with Crippen LogP contribution in [-0.2, 0) is 4.79 Å². The fraction of sp³-hybridized carbons (Fsp3) is 0.500. The lowest BCUT2D eigenvalue weighted by atomic mass is 10.0. The third kappa shape index (κ3) is 2.05. The molecule has 0 saturated carbocycles. The standard InChI is InChI=1S/C12H15NO4/c1-7-5-6-13(10(7)12(15)16)11(14)9-4-3-8(2)17-9/h3-4,7,10H,5-6H2,1-2H3,(H,15,16). The fourth-order valence-electron chi connectivity index (χ4n) is 2.24. The Balaban J connectivity index is 2.22. The number of carboxylic acid groups (broad SMARTS) is 1. The Bertz CT molecular complexity index is 451. The van der Waals surface area contributed by atoms with Crippen molar-refractivity contribution in [1.29, 1.82) is 0 Å². The number of carbonyl (C=O) groups is 2. The van der Waals surface area contributed by atoms with Gasteiger partial charge in [-0.05, 0) is 31.4 Å². The van der Waals surface area contributed by atoms with Crippen LogP contribution in [0.25, 0.3) is 0 Å². The molecule has 1 aromatic heterocycles. The molecule has 2 rings (SSSR count). The average Bonchev–Trinajstić information content (AvgIpc) is 2.83. The van der Waals surface area contributed by atoms with Gasteiger partial charge in [0.25, 0.3) is 5.91 Å². The second-order valence-electron chi connectivity index (χ2n) is 4.46. The highest BCUT2D eigenvalue weighted by atomic mass is 16.4. The van der Waals surface area contributed by atoms with Gasteiger partial charge < -0.3 is 14.4 Å². The molecule has 0 aromatic carbocycles. The predicted octanol–water partition coefficient (Wildman–Crippen LogP) is 1.52. The van der Waals surface area contributed by atoms with Crippen LogP contribution in [0.3, 0.4) is 0 Å². The van der Waals surface area contributed by atoms with Crippen molar-refractivity contribution in [2.24, 2.45) is 5.92 Å². The summed E-state index contributed by atoms with van der Waals surface area (Å²) in [6, 6.07) is 2.54. The van der Waals surface area contributed by atoms with Gasteiger partial charge in [0.2, 0.25) is 0 Å². The van der Waals surface area contributed by atoms with E-state index in [1.54, 1.807) is 19.1 Å². The van der Waals surface area contributed by atoms with Crippen molar-refractivity contribution < 1.29 is 19.1 Å². The summed E-state index contributed by atoms with van der Waals surface area (Å²) in [5.74, 6) is -0.454. The van der Waals surface area contributed by atoms with Crippen LogP contribution in [0.2, 0.25) is 0 Å². The smallest absolute Gasteiger partial charge is 0.326 e. The zero-order chi connectivity index (χ0) is 12.6. The van der Waals surface area contributed by atoms with Gasteiger partial charge in [0.1, 0.15) is 11.8 Å². The number of rotatable bonds is 2. The molecule has 1 saturated heterocycles. The van der Waals surface area contributed by atoms with E-state index in [4.69, 9.17) is 9.52 Å². The molecular weight excluding hydrogens is 222 g/mol. The van der Waals surface area contributed by atoms with Gasteiger partial charge in [0.15, 0.2) is 5.76 Å². The summed E-state index contributed by atoms with van der Waals surface area (Å²) >= 11 is 0. The van der Waals surface area contributed by atoms with Crippen LogP contribution in [-0.4, -0.2) is 34.5 Å². The van der Waals surface area contributed by atoms with Crippen LogP contribution in [0, 0.1) is 12.8 Å². The molecule has 0 aliphatic carbocycles. The Morgan fingerprint density at radius 2 is 2.18 bits per heavy atom. The Kier molecular flexibility index (Phi) is 2.92. The third-order valence-corrected chi connectivity index (χ3v) is 3.17. The summed E-state index contributed by atoms with van der Waals surface area (Å²) in [6.07, 6.45) is 0.711. The van der Waals surface area contributed by atoms with E-state index in [9.17, 15) is 9.59 Å². The molecule has 1 amide bonds. The van der Waals surface area contributed by atoms with Crippen molar-refractivity contribution in [3.8, 4) is 0 Å². The summed E-state index contributed by atoms with van der Waals surface area (Å²) in [5, 5.41) is 9.13. The molecule has 17 heavy (non-hydrogen) atoms. The van der Waals surface area contributed by atoms with Gasteiger partial charge in [-0.15, -0.1) is 0 Å². The molecule has 1 aliphatic rings. The molecule has 1 aromatic rings. The van der Waals surface area contributed by atoms with Gasteiger partial charge >= 0.3 is 5.97 Å². The molecule has 1 fully saturated rings. The van der Waals surface area contributed by atoms with Gasteiger partial charge in [-0.3, -0.25) is 4.79 Å². The monoisotopic (exact) mass is 237 g/mol. The average molecular weight is 237 g/mol. The number of hydrogen-bond acceptors (Lipinski definition) is 3. The number of aryl methyl sites for hydroxylation is 1. The summed E-state index contributed by atoms with van der Waals surface area (Å²) in [7, 11) is 0. The minimum absolute atomic E-state index is 0.0208. The topological polar surface area (TPSA) is 70.8 Å². The third-order valence-electron chi connectivity index (χ3n) is 3.17. The molecule has 0 spiro atoms. The Hall–Kier alpha value is -1.78. The van der Waals surface area contributed by atoms with Crippen LogP contribution in [0.1, 0.15) is 29.7 Å². The zero-order valence-electron chi connectivity index (χ0n) is 9.84. The van der Waals surface area contributed by atoms with E-state index in [1.165, 1.54) is 4.90 Å². The highest BCUT2D eigenvalue weighted by Crippen LogP contribution is 2.26. The van der Waals surface area contributed by atoms with Gasteiger partial charge in [0, 0.05) is 6.54 Å². The molecule has 0 radical (unpaired) electrons. The lowest BCUT2D eigenvalue weighted by Crippen LogP contribution is -2.42. The Morgan fingerprint density at radius 3 is 2.71 bits per heavy atom. The van der Waals surface area contributed by atoms with Crippen molar-refractivity contribution >= 4 is 11.9 Å². The number of carboxylic acids is 1. The molecule has 92 valence electrons. The van der Waals surface area contributed by atoms with Crippen molar-refractivity contribution in [3.05, 3.63) is 23.7 Å². The van der Waals surface area contributed by atoms with E-state index in [0.717, 1.165) is 0 Å². The quantitative estimate of drug-likeness (QED) is 0.846. The van der Waals surface area contributed by atoms with Crippen LogP contribution in [0.4, 0.5) is 0 Å². The number of furan rings is 1. The SMILES string of the molecule is Cc1ccc(C(=O)N2CCC(C)C2C(=O)O)o1. The summed E-state index contributed by atoms with van der Waals surface area (Å²) in [5.41, 5.74) is 0. The van der Waals surface area contributed by atoms with Gasteiger partial charge in [-0.2, -0.15) is 0 Å². The molecule has 2 atom stereocenters. The minimum Gasteiger partial charge on any atom is -0.480 e. The lowest BCUT2D eigenvalue weighted by molar-refractivity contribution is -0.142. The maximum atomic E-state index is 12.1. The number of carbonyl (C=O) groups excluding carboxylic acids is 1. The van der Waals surface area contributed by atoms with E-state index in [0.29, 0.717) is 18.7 Å². The summed E-state index contributed by atoms with van der Waals surface area (Å²) < 4.78 is 5.24. The second-order valence-corrected chi connectivity index (χ2v) is 4.46. The largest absolute Gasteiger partial charge is 0.480 e. The van der Waals surface area contributed by atoms with Crippen molar-refractivity contribution in [3.63, 3.8) is 0 Å². The van der Waals surface area contributed by atoms with Crippen LogP contribution in [0.5, 0.6) is 0 Å². The van der Waals surface area contributed by atoms with E-state index < -0.39 is 12.0 Å². The highest BCUT2D eigenvalue weighted by Gasteiger charge is 2.40.